The number of hydrogen-bond acceptors (Lipinski definition) is 5. The zero-order valence-corrected chi connectivity index (χ0v) is 18.4. The van der Waals surface area contributed by atoms with E-state index in [4.69, 9.17) is 0 Å². The van der Waals surface area contributed by atoms with Crippen LogP contribution in [-0.4, -0.2) is 86.7 Å². The first-order valence-electron chi connectivity index (χ1n) is 10.1. The third-order valence-corrected chi connectivity index (χ3v) is 7.86. The maximum Gasteiger partial charge on any atom is 0.246 e. The fourth-order valence-corrected chi connectivity index (χ4v) is 5.63. The zero-order chi connectivity index (χ0) is 21.3. The third kappa shape index (κ3) is 4.04. The lowest BCUT2D eigenvalue weighted by atomic mass is 10.1. The number of anilines is 1. The second-order valence-corrected chi connectivity index (χ2v) is 9.56. The van der Waals surface area contributed by atoms with Gasteiger partial charge in [-0.3, -0.25) is 14.5 Å². The highest BCUT2D eigenvalue weighted by atomic mass is 32.2. The fourth-order valence-electron chi connectivity index (χ4n) is 4.13. The highest BCUT2D eigenvalue weighted by molar-refractivity contribution is 7.89. The molecule has 1 atom stereocenters. The summed E-state index contributed by atoms with van der Waals surface area (Å²) in [5, 5.41) is 0. The SMILES string of the molecule is CCN(CC)S(=O)(=O)c1ccc2c(c1)C[C@@H](C(=O)N1CCN(C)CC1)N2C(C)=O. The summed E-state index contributed by atoms with van der Waals surface area (Å²) < 4.78 is 27.1. The summed E-state index contributed by atoms with van der Waals surface area (Å²) in [5.74, 6) is -0.284. The van der Waals surface area contributed by atoms with Gasteiger partial charge in [0.1, 0.15) is 6.04 Å². The second kappa shape index (κ2) is 8.41. The smallest absolute Gasteiger partial charge is 0.246 e. The minimum absolute atomic E-state index is 0.0716. The number of likely N-dealkylation sites (N-methyl/N-ethyl adjacent to an activating group) is 1. The minimum Gasteiger partial charge on any atom is -0.338 e. The van der Waals surface area contributed by atoms with E-state index in [9.17, 15) is 18.0 Å². The van der Waals surface area contributed by atoms with Gasteiger partial charge in [0.15, 0.2) is 0 Å². The van der Waals surface area contributed by atoms with Crippen molar-refractivity contribution in [2.45, 2.75) is 38.1 Å². The number of benzene rings is 1. The molecule has 2 heterocycles. The Hall–Kier alpha value is -1.97. The van der Waals surface area contributed by atoms with Gasteiger partial charge in [0.25, 0.3) is 0 Å². The first kappa shape index (κ1) is 21.7. The van der Waals surface area contributed by atoms with E-state index in [0.29, 0.717) is 38.3 Å². The molecule has 29 heavy (non-hydrogen) atoms. The van der Waals surface area contributed by atoms with Crippen molar-refractivity contribution >= 4 is 27.5 Å². The summed E-state index contributed by atoms with van der Waals surface area (Å²) >= 11 is 0. The van der Waals surface area contributed by atoms with Crippen molar-refractivity contribution in [1.82, 2.24) is 14.1 Å². The Balaban J connectivity index is 1.91. The number of nitrogens with zero attached hydrogens (tertiary/aromatic N) is 4. The first-order valence-corrected chi connectivity index (χ1v) is 11.5. The first-order chi connectivity index (χ1) is 13.7. The van der Waals surface area contributed by atoms with Gasteiger partial charge < -0.3 is 9.80 Å². The number of rotatable bonds is 5. The Morgan fingerprint density at radius 2 is 1.72 bits per heavy atom. The molecule has 8 nitrogen and oxygen atoms in total. The third-order valence-electron chi connectivity index (χ3n) is 5.82. The second-order valence-electron chi connectivity index (χ2n) is 7.62. The largest absolute Gasteiger partial charge is 0.338 e. The van der Waals surface area contributed by atoms with Gasteiger partial charge in [0, 0.05) is 58.3 Å². The van der Waals surface area contributed by atoms with Gasteiger partial charge in [0.05, 0.1) is 4.90 Å². The Morgan fingerprint density at radius 1 is 1.10 bits per heavy atom. The van der Waals surface area contributed by atoms with E-state index < -0.39 is 16.1 Å². The number of carbonyl (C=O) groups excluding carboxylic acids is 2. The molecule has 0 aliphatic carbocycles. The van der Waals surface area contributed by atoms with E-state index in [1.165, 1.54) is 22.2 Å². The van der Waals surface area contributed by atoms with Crippen molar-refractivity contribution in [1.29, 1.82) is 0 Å². The Morgan fingerprint density at radius 3 is 2.28 bits per heavy atom. The van der Waals surface area contributed by atoms with Crippen LogP contribution in [0.1, 0.15) is 26.3 Å². The van der Waals surface area contributed by atoms with Crippen molar-refractivity contribution in [3.63, 3.8) is 0 Å². The molecule has 0 N–H and O–H groups in total. The summed E-state index contributed by atoms with van der Waals surface area (Å²) in [6, 6.07) is 4.20. The predicted molar refractivity (Wildman–Crippen MR) is 111 cm³/mol. The van der Waals surface area contributed by atoms with Crippen molar-refractivity contribution in [3.8, 4) is 0 Å². The lowest BCUT2D eigenvalue weighted by molar-refractivity contribution is -0.135. The molecule has 0 bridgehead atoms. The predicted octanol–water partition coefficient (Wildman–Crippen LogP) is 0.769. The lowest BCUT2D eigenvalue weighted by Gasteiger charge is -2.35. The molecule has 1 fully saturated rings. The number of piperazine rings is 1. The van der Waals surface area contributed by atoms with Crippen LogP contribution < -0.4 is 4.90 Å². The monoisotopic (exact) mass is 422 g/mol. The van der Waals surface area contributed by atoms with E-state index >= 15 is 0 Å². The van der Waals surface area contributed by atoms with Crippen LogP contribution in [0.2, 0.25) is 0 Å². The Labute approximate surface area is 173 Å². The molecule has 2 aliphatic rings. The van der Waals surface area contributed by atoms with Gasteiger partial charge in [-0.25, -0.2) is 8.42 Å². The van der Waals surface area contributed by atoms with Crippen LogP contribution in [0, 0.1) is 0 Å². The van der Waals surface area contributed by atoms with Gasteiger partial charge in [-0.2, -0.15) is 4.31 Å². The maximum atomic E-state index is 13.2. The molecular formula is C20H30N4O4S. The highest BCUT2D eigenvalue weighted by Crippen LogP contribution is 2.35. The van der Waals surface area contributed by atoms with Crippen molar-refractivity contribution in [2.75, 3.05) is 51.2 Å². The molecule has 9 heteroatoms. The molecule has 3 rings (SSSR count). The fraction of sp³-hybridized carbons (Fsp3) is 0.600. The molecule has 2 aliphatic heterocycles. The molecular weight excluding hydrogens is 392 g/mol. The minimum atomic E-state index is -3.60. The van der Waals surface area contributed by atoms with Crippen molar-refractivity contribution in [2.24, 2.45) is 0 Å². The molecule has 0 unspecified atom stereocenters. The molecule has 0 saturated carbocycles. The van der Waals surface area contributed by atoms with Crippen LogP contribution in [0.25, 0.3) is 0 Å². The van der Waals surface area contributed by atoms with Gasteiger partial charge in [-0.05, 0) is 30.8 Å². The normalized spacial score (nSPS) is 20.2. The molecule has 0 radical (unpaired) electrons. The standard InChI is InChI=1S/C20H30N4O4S/c1-5-23(6-2)29(27,28)17-7-8-18-16(13-17)14-19(24(18)15(3)25)20(26)22-11-9-21(4)10-12-22/h7-8,13,19H,5-6,9-12,14H2,1-4H3/t19-/m0/s1. The van der Waals surface area contributed by atoms with E-state index in [1.807, 2.05) is 7.05 Å². The highest BCUT2D eigenvalue weighted by Gasteiger charge is 2.40. The molecule has 1 saturated heterocycles. The van der Waals surface area contributed by atoms with Crippen molar-refractivity contribution in [3.05, 3.63) is 23.8 Å². The van der Waals surface area contributed by atoms with Crippen LogP contribution in [-0.2, 0) is 26.0 Å². The van der Waals surface area contributed by atoms with E-state index in [1.54, 1.807) is 30.9 Å². The summed E-state index contributed by atoms with van der Waals surface area (Å²) in [7, 11) is -1.58. The molecule has 160 valence electrons. The van der Waals surface area contributed by atoms with E-state index in [2.05, 4.69) is 4.90 Å². The Bertz CT molecular complexity index is 890. The summed E-state index contributed by atoms with van der Waals surface area (Å²) in [6.45, 7) is 8.70. The van der Waals surface area contributed by atoms with Crippen LogP contribution in [0.5, 0.6) is 0 Å². The topological polar surface area (TPSA) is 81.2 Å². The Kier molecular flexibility index (Phi) is 6.30. The van der Waals surface area contributed by atoms with E-state index in [-0.39, 0.29) is 16.7 Å². The molecule has 1 aromatic rings. The molecule has 1 aromatic carbocycles. The average molecular weight is 423 g/mol. The van der Waals surface area contributed by atoms with Crippen LogP contribution in [0.15, 0.2) is 23.1 Å². The van der Waals surface area contributed by atoms with Crippen LogP contribution in [0.4, 0.5) is 5.69 Å². The van der Waals surface area contributed by atoms with Gasteiger partial charge in [-0.1, -0.05) is 13.8 Å². The molecule has 2 amide bonds. The van der Waals surface area contributed by atoms with Gasteiger partial charge in [0.2, 0.25) is 21.8 Å². The summed E-state index contributed by atoms with van der Waals surface area (Å²) in [5.41, 5.74) is 1.35. The zero-order valence-electron chi connectivity index (χ0n) is 17.6. The number of hydrogen-bond donors (Lipinski definition) is 0. The van der Waals surface area contributed by atoms with E-state index in [0.717, 1.165) is 18.7 Å². The van der Waals surface area contributed by atoms with Gasteiger partial charge >= 0.3 is 0 Å². The number of fused-ring (bicyclic) bond motifs is 1. The lowest BCUT2D eigenvalue weighted by Crippen LogP contribution is -2.54. The van der Waals surface area contributed by atoms with Crippen molar-refractivity contribution < 1.29 is 18.0 Å². The molecule has 0 spiro atoms. The maximum absolute atomic E-state index is 13.2. The molecule has 0 aromatic heterocycles. The average Bonchev–Trinajstić information content (AvgIpc) is 3.07. The van der Waals surface area contributed by atoms with Crippen LogP contribution in [0.3, 0.4) is 0 Å². The van der Waals surface area contributed by atoms with Crippen LogP contribution >= 0.6 is 0 Å². The van der Waals surface area contributed by atoms with Gasteiger partial charge in [-0.15, -0.1) is 0 Å². The summed E-state index contributed by atoms with van der Waals surface area (Å²) in [6.07, 6.45) is 0.335. The number of amides is 2. The summed E-state index contributed by atoms with van der Waals surface area (Å²) in [4.78, 5) is 31.2. The number of carbonyl (C=O) groups is 2. The number of sulfonamides is 1. The quantitative estimate of drug-likeness (QED) is 0.700.